The molecule has 1 N–H and O–H groups in total. The molecule has 0 saturated carbocycles. The Morgan fingerprint density at radius 3 is 2.64 bits per heavy atom. The van der Waals surface area contributed by atoms with E-state index in [0.29, 0.717) is 5.69 Å². The Bertz CT molecular complexity index is 795. The normalized spacial score (nSPS) is 11.0. The number of ether oxygens (including phenoxy) is 1. The van der Waals surface area contributed by atoms with E-state index < -0.39 is 0 Å². The van der Waals surface area contributed by atoms with Crippen LogP contribution < -0.4 is 4.74 Å². The zero-order chi connectivity index (χ0) is 15.4. The molecule has 0 fully saturated rings. The lowest BCUT2D eigenvalue weighted by Gasteiger charge is -2.09. The molecule has 0 aliphatic rings. The van der Waals surface area contributed by atoms with Gasteiger partial charge in [0.1, 0.15) is 23.5 Å². The van der Waals surface area contributed by atoms with Gasteiger partial charge >= 0.3 is 0 Å². The van der Waals surface area contributed by atoms with Gasteiger partial charge in [0.25, 0.3) is 0 Å². The highest BCUT2D eigenvalue weighted by atomic mass is 16.5. The van der Waals surface area contributed by atoms with Gasteiger partial charge in [-0.2, -0.15) is 0 Å². The zero-order valence-corrected chi connectivity index (χ0v) is 12.0. The summed E-state index contributed by atoms with van der Waals surface area (Å²) in [5, 5.41) is 11.7. The number of benzene rings is 2. The van der Waals surface area contributed by atoms with E-state index in [4.69, 9.17) is 9.94 Å². The van der Waals surface area contributed by atoms with E-state index in [0.717, 1.165) is 22.9 Å². The molecule has 0 saturated heterocycles. The minimum Gasteiger partial charge on any atom is -0.457 e. The van der Waals surface area contributed by atoms with Gasteiger partial charge in [-0.25, -0.2) is 4.98 Å². The van der Waals surface area contributed by atoms with Crippen molar-refractivity contribution in [3.63, 3.8) is 0 Å². The van der Waals surface area contributed by atoms with Crippen molar-refractivity contribution < 1.29 is 9.94 Å². The number of para-hydroxylation sites is 1. The van der Waals surface area contributed by atoms with Crippen LogP contribution in [-0.4, -0.2) is 21.0 Å². The summed E-state index contributed by atoms with van der Waals surface area (Å²) < 4.78 is 7.75. The number of hydrogen-bond donors (Lipinski definition) is 1. The Morgan fingerprint density at radius 1 is 1.09 bits per heavy atom. The maximum atomic E-state index is 8.63. The molecule has 0 bridgehead atoms. The zero-order valence-electron chi connectivity index (χ0n) is 12.0. The third-order valence-electron chi connectivity index (χ3n) is 3.30. The molecular weight excluding hydrogens is 278 g/mol. The fourth-order valence-corrected chi connectivity index (χ4v) is 2.19. The Balaban J connectivity index is 1.91. The summed E-state index contributed by atoms with van der Waals surface area (Å²) in [5.41, 5.74) is 2.43. The van der Waals surface area contributed by atoms with Crippen molar-refractivity contribution >= 4 is 6.21 Å². The monoisotopic (exact) mass is 293 g/mol. The molecule has 0 atom stereocenters. The molecule has 2 aromatic carbocycles. The van der Waals surface area contributed by atoms with E-state index in [-0.39, 0.29) is 0 Å². The molecule has 0 amide bonds. The van der Waals surface area contributed by atoms with Gasteiger partial charge in [0.15, 0.2) is 0 Å². The Hall–Kier alpha value is -3.08. The Kier molecular flexibility index (Phi) is 3.87. The van der Waals surface area contributed by atoms with Gasteiger partial charge in [0.05, 0.1) is 11.9 Å². The maximum Gasteiger partial charge on any atom is 0.129 e. The van der Waals surface area contributed by atoms with Gasteiger partial charge in [-0.05, 0) is 31.2 Å². The topological polar surface area (TPSA) is 59.6 Å². The first-order chi connectivity index (χ1) is 10.8. The van der Waals surface area contributed by atoms with E-state index in [2.05, 4.69) is 10.1 Å². The molecule has 1 heterocycles. The van der Waals surface area contributed by atoms with Gasteiger partial charge in [-0.1, -0.05) is 29.4 Å². The second-order valence-corrected chi connectivity index (χ2v) is 4.74. The highest BCUT2D eigenvalue weighted by molar-refractivity contribution is 5.78. The lowest BCUT2D eigenvalue weighted by atomic mass is 10.2. The van der Waals surface area contributed by atoms with Crippen LogP contribution in [0.25, 0.3) is 5.69 Å². The van der Waals surface area contributed by atoms with Crippen LogP contribution in [-0.2, 0) is 0 Å². The number of nitrogens with zero attached hydrogens (tertiary/aromatic N) is 3. The third kappa shape index (κ3) is 2.83. The van der Waals surface area contributed by atoms with E-state index >= 15 is 0 Å². The molecule has 110 valence electrons. The van der Waals surface area contributed by atoms with Crippen molar-refractivity contribution in [3.05, 3.63) is 72.3 Å². The maximum absolute atomic E-state index is 8.63. The van der Waals surface area contributed by atoms with Crippen LogP contribution in [0.4, 0.5) is 0 Å². The smallest absolute Gasteiger partial charge is 0.129 e. The molecule has 0 spiro atoms. The minimum absolute atomic E-state index is 0.622. The van der Waals surface area contributed by atoms with Gasteiger partial charge in [-0.15, -0.1) is 0 Å². The van der Waals surface area contributed by atoms with Gasteiger partial charge in [0, 0.05) is 11.8 Å². The van der Waals surface area contributed by atoms with E-state index in [1.165, 1.54) is 6.21 Å². The molecule has 0 aliphatic heterocycles. The van der Waals surface area contributed by atoms with Gasteiger partial charge in [-0.3, -0.25) is 0 Å². The first kappa shape index (κ1) is 13.9. The first-order valence-electron chi connectivity index (χ1n) is 6.82. The predicted octanol–water partition coefficient (Wildman–Crippen LogP) is 3.78. The van der Waals surface area contributed by atoms with Crippen LogP contribution in [0.5, 0.6) is 11.5 Å². The first-order valence-corrected chi connectivity index (χ1v) is 6.82. The van der Waals surface area contributed by atoms with E-state index in [1.807, 2.05) is 66.1 Å². The highest BCUT2D eigenvalue weighted by Crippen LogP contribution is 2.24. The number of hydrogen-bond acceptors (Lipinski definition) is 4. The van der Waals surface area contributed by atoms with Crippen molar-refractivity contribution in [2.75, 3.05) is 0 Å². The second kappa shape index (κ2) is 6.13. The van der Waals surface area contributed by atoms with Crippen LogP contribution in [0.3, 0.4) is 0 Å². The average Bonchev–Trinajstić information content (AvgIpc) is 2.90. The van der Waals surface area contributed by atoms with Crippen molar-refractivity contribution in [1.29, 1.82) is 0 Å². The summed E-state index contributed by atoms with van der Waals surface area (Å²) in [4.78, 5) is 4.21. The van der Waals surface area contributed by atoms with Crippen LogP contribution in [0.2, 0.25) is 0 Å². The molecule has 0 unspecified atom stereocenters. The molecule has 1 aromatic heterocycles. The standard InChI is InChI=1S/C17H15N3O2/c1-13-17(11-19-21)18-12-20(13)14-6-5-9-16(10-14)22-15-7-3-2-4-8-15/h2-12,21H,1H3/b19-11+. The molecule has 3 aromatic rings. The summed E-state index contributed by atoms with van der Waals surface area (Å²) in [6, 6.07) is 17.3. The number of aromatic nitrogens is 2. The summed E-state index contributed by atoms with van der Waals surface area (Å²) in [6.45, 7) is 1.91. The fourth-order valence-electron chi connectivity index (χ4n) is 2.19. The lowest BCUT2D eigenvalue weighted by molar-refractivity contribution is 0.321. The summed E-state index contributed by atoms with van der Waals surface area (Å²) in [7, 11) is 0. The van der Waals surface area contributed by atoms with Crippen LogP contribution >= 0.6 is 0 Å². The second-order valence-electron chi connectivity index (χ2n) is 4.74. The number of oxime groups is 1. The molecule has 3 rings (SSSR count). The molecule has 22 heavy (non-hydrogen) atoms. The van der Waals surface area contributed by atoms with Crippen molar-refractivity contribution in [1.82, 2.24) is 9.55 Å². The molecule has 5 nitrogen and oxygen atoms in total. The molecular formula is C17H15N3O2. The quantitative estimate of drug-likeness (QED) is 0.452. The van der Waals surface area contributed by atoms with E-state index in [1.54, 1.807) is 6.33 Å². The summed E-state index contributed by atoms with van der Waals surface area (Å²) >= 11 is 0. The third-order valence-corrected chi connectivity index (χ3v) is 3.30. The average molecular weight is 293 g/mol. The Labute approximate surface area is 128 Å². The van der Waals surface area contributed by atoms with Gasteiger partial charge < -0.3 is 14.5 Å². The van der Waals surface area contributed by atoms with Crippen molar-refractivity contribution in [3.8, 4) is 17.2 Å². The van der Waals surface area contributed by atoms with Crippen LogP contribution in [0.1, 0.15) is 11.4 Å². The number of rotatable bonds is 4. The predicted molar refractivity (Wildman–Crippen MR) is 84.2 cm³/mol. The number of imidazole rings is 1. The minimum atomic E-state index is 0.622. The highest BCUT2D eigenvalue weighted by Gasteiger charge is 2.07. The van der Waals surface area contributed by atoms with Crippen LogP contribution in [0, 0.1) is 6.92 Å². The molecule has 5 heteroatoms. The van der Waals surface area contributed by atoms with Crippen LogP contribution in [0.15, 0.2) is 66.1 Å². The van der Waals surface area contributed by atoms with E-state index in [9.17, 15) is 0 Å². The molecule has 0 aliphatic carbocycles. The fraction of sp³-hybridized carbons (Fsp3) is 0.0588. The molecule has 0 radical (unpaired) electrons. The lowest BCUT2D eigenvalue weighted by Crippen LogP contribution is -1.97. The van der Waals surface area contributed by atoms with Crippen molar-refractivity contribution in [2.24, 2.45) is 5.16 Å². The SMILES string of the molecule is Cc1c(/C=N/O)ncn1-c1cccc(Oc2ccccc2)c1. The van der Waals surface area contributed by atoms with Crippen molar-refractivity contribution in [2.45, 2.75) is 6.92 Å². The summed E-state index contributed by atoms with van der Waals surface area (Å²) in [6.07, 6.45) is 3.00. The largest absolute Gasteiger partial charge is 0.457 e. The van der Waals surface area contributed by atoms with Gasteiger partial charge in [0.2, 0.25) is 0 Å². The summed E-state index contributed by atoms with van der Waals surface area (Å²) in [5.74, 6) is 1.53. The Morgan fingerprint density at radius 2 is 1.86 bits per heavy atom.